The molecule has 1 amide bonds. The Morgan fingerprint density at radius 3 is 3.00 bits per heavy atom. The van der Waals surface area contributed by atoms with Gasteiger partial charge in [0.15, 0.2) is 0 Å². The number of anilines is 1. The van der Waals surface area contributed by atoms with E-state index in [-0.39, 0.29) is 11.6 Å². The van der Waals surface area contributed by atoms with Crippen LogP contribution in [0.5, 0.6) is 0 Å². The van der Waals surface area contributed by atoms with Crippen LogP contribution >= 0.6 is 0 Å². The highest BCUT2D eigenvalue weighted by molar-refractivity contribution is 6.07. The molecule has 0 saturated carbocycles. The second kappa shape index (κ2) is 4.86. The molecule has 3 aromatic rings. The minimum Gasteiger partial charge on any atom is -0.462 e. The molecule has 0 fully saturated rings. The number of nitriles is 1. The number of carbonyl (C=O) groups excluding carboxylic acids is 1. The lowest BCUT2D eigenvalue weighted by Crippen LogP contribution is -2.13. The smallest absolute Gasteiger partial charge is 0.274 e. The van der Waals surface area contributed by atoms with Crippen molar-refractivity contribution in [2.45, 2.75) is 0 Å². The largest absolute Gasteiger partial charge is 0.462 e. The number of hydrogen-bond donors (Lipinski definition) is 1. The molecule has 2 aromatic heterocycles. The summed E-state index contributed by atoms with van der Waals surface area (Å²) < 4.78 is 5.34. The van der Waals surface area contributed by atoms with Gasteiger partial charge in [0.1, 0.15) is 17.5 Å². The minimum atomic E-state index is -0.381. The fourth-order valence-electron chi connectivity index (χ4n) is 1.89. The first kappa shape index (κ1) is 11.9. The lowest BCUT2D eigenvalue weighted by molar-refractivity contribution is 0.102. The van der Waals surface area contributed by atoms with E-state index in [0.29, 0.717) is 16.8 Å². The lowest BCUT2D eigenvalue weighted by atomic mass is 10.2. The normalized spacial score (nSPS) is 10.2. The van der Waals surface area contributed by atoms with Crippen LogP contribution in [-0.2, 0) is 0 Å². The quantitative estimate of drug-likeness (QED) is 0.770. The molecule has 20 heavy (non-hydrogen) atoms. The third kappa shape index (κ3) is 2.10. The van der Waals surface area contributed by atoms with Crippen molar-refractivity contribution in [1.82, 2.24) is 4.98 Å². The highest BCUT2D eigenvalue weighted by Crippen LogP contribution is 2.25. The number of nitrogens with one attached hydrogen (secondary N) is 1. The molecule has 0 aliphatic rings. The Bertz CT molecular complexity index is 830. The van der Waals surface area contributed by atoms with Crippen molar-refractivity contribution in [3.63, 3.8) is 0 Å². The van der Waals surface area contributed by atoms with Crippen LogP contribution in [0, 0.1) is 11.3 Å². The highest BCUT2D eigenvalue weighted by Gasteiger charge is 2.12. The van der Waals surface area contributed by atoms with Gasteiger partial charge in [-0.1, -0.05) is 12.1 Å². The molecule has 1 N–H and O–H groups in total. The summed E-state index contributed by atoms with van der Waals surface area (Å²) in [6.07, 6.45) is 2.91. The summed E-state index contributed by atoms with van der Waals surface area (Å²) in [6, 6.07) is 12.4. The van der Waals surface area contributed by atoms with E-state index in [0.717, 1.165) is 5.39 Å². The predicted molar refractivity (Wildman–Crippen MR) is 73.1 cm³/mol. The Hall–Kier alpha value is -3.13. The molecule has 0 bridgehead atoms. The molecule has 2 heterocycles. The number of rotatable bonds is 2. The van der Waals surface area contributed by atoms with Crippen molar-refractivity contribution in [1.29, 1.82) is 5.26 Å². The lowest BCUT2D eigenvalue weighted by Gasteiger charge is -2.02. The van der Waals surface area contributed by atoms with E-state index >= 15 is 0 Å². The first-order chi connectivity index (χ1) is 9.78. The molecule has 0 unspecified atom stereocenters. The van der Waals surface area contributed by atoms with E-state index < -0.39 is 0 Å². The van der Waals surface area contributed by atoms with Gasteiger partial charge in [-0.2, -0.15) is 5.26 Å². The van der Waals surface area contributed by atoms with E-state index in [4.69, 9.17) is 9.68 Å². The van der Waals surface area contributed by atoms with Crippen LogP contribution in [0.4, 0.5) is 5.69 Å². The molecule has 5 nitrogen and oxygen atoms in total. The molecule has 0 spiro atoms. The van der Waals surface area contributed by atoms with Gasteiger partial charge in [0, 0.05) is 11.6 Å². The molecule has 0 radical (unpaired) electrons. The van der Waals surface area contributed by atoms with Crippen molar-refractivity contribution in [2.24, 2.45) is 0 Å². The van der Waals surface area contributed by atoms with Crippen molar-refractivity contribution in [3.8, 4) is 6.07 Å². The highest BCUT2D eigenvalue weighted by atomic mass is 16.3. The maximum Gasteiger partial charge on any atom is 0.274 e. The van der Waals surface area contributed by atoms with Crippen LogP contribution in [0.15, 0.2) is 53.3 Å². The van der Waals surface area contributed by atoms with E-state index in [2.05, 4.69) is 10.3 Å². The van der Waals surface area contributed by atoms with Crippen molar-refractivity contribution >= 4 is 22.6 Å². The van der Waals surface area contributed by atoms with Gasteiger partial charge in [0.05, 0.1) is 17.3 Å². The number of hydrogen-bond acceptors (Lipinski definition) is 4. The maximum atomic E-state index is 12.1. The summed E-state index contributed by atoms with van der Waals surface area (Å²) in [5.41, 5.74) is 1.85. The summed E-state index contributed by atoms with van der Waals surface area (Å²) >= 11 is 0. The van der Waals surface area contributed by atoms with Crippen LogP contribution in [-0.4, -0.2) is 10.9 Å². The first-order valence-electron chi connectivity index (χ1n) is 5.91. The molecule has 96 valence electrons. The average Bonchev–Trinajstić information content (AvgIpc) is 2.90. The molecule has 0 atom stereocenters. The van der Waals surface area contributed by atoms with Crippen LogP contribution in [0.25, 0.3) is 11.0 Å². The summed E-state index contributed by atoms with van der Waals surface area (Å²) in [5.74, 6) is -0.381. The first-order valence-corrected chi connectivity index (χ1v) is 5.91. The van der Waals surface area contributed by atoms with E-state index in [1.165, 1.54) is 18.5 Å². The molecule has 0 aliphatic carbocycles. The van der Waals surface area contributed by atoms with Gasteiger partial charge in [0.25, 0.3) is 5.91 Å². The number of para-hydroxylation sites is 1. The number of carbonyl (C=O) groups is 1. The van der Waals surface area contributed by atoms with Crippen LogP contribution in [0.3, 0.4) is 0 Å². The summed E-state index contributed by atoms with van der Waals surface area (Å²) in [4.78, 5) is 16.1. The fraction of sp³-hybridized carbons (Fsp3) is 0. The molecule has 1 aromatic carbocycles. The van der Waals surface area contributed by atoms with E-state index in [9.17, 15) is 4.79 Å². The number of fused-ring (bicyclic) bond motifs is 1. The Kier molecular flexibility index (Phi) is 2.90. The summed E-state index contributed by atoms with van der Waals surface area (Å²) in [6.45, 7) is 0. The van der Waals surface area contributed by atoms with Gasteiger partial charge >= 0.3 is 0 Å². The number of nitrogens with zero attached hydrogens (tertiary/aromatic N) is 2. The van der Waals surface area contributed by atoms with Crippen molar-refractivity contribution < 1.29 is 9.21 Å². The number of aromatic nitrogens is 1. The molecule has 5 heteroatoms. The van der Waals surface area contributed by atoms with Gasteiger partial charge in [-0.3, -0.25) is 9.78 Å². The second-order valence-electron chi connectivity index (χ2n) is 4.14. The van der Waals surface area contributed by atoms with Gasteiger partial charge in [0.2, 0.25) is 0 Å². The van der Waals surface area contributed by atoms with Crippen molar-refractivity contribution in [3.05, 3.63) is 60.1 Å². The fourth-order valence-corrected chi connectivity index (χ4v) is 1.89. The van der Waals surface area contributed by atoms with Crippen LogP contribution in [0.2, 0.25) is 0 Å². The zero-order chi connectivity index (χ0) is 13.9. The summed E-state index contributed by atoms with van der Waals surface area (Å²) in [5, 5.41) is 12.4. The van der Waals surface area contributed by atoms with Crippen molar-refractivity contribution in [2.75, 3.05) is 5.32 Å². The van der Waals surface area contributed by atoms with Gasteiger partial charge < -0.3 is 9.73 Å². The van der Waals surface area contributed by atoms with Crippen LogP contribution < -0.4 is 5.32 Å². The SMILES string of the molecule is N#Cc1ccnc(C(=O)Nc2coc3ccccc23)c1. The third-order valence-corrected chi connectivity index (χ3v) is 2.85. The number of benzene rings is 1. The Morgan fingerprint density at radius 1 is 1.30 bits per heavy atom. The zero-order valence-electron chi connectivity index (χ0n) is 10.3. The topological polar surface area (TPSA) is 78.9 Å². The maximum absolute atomic E-state index is 12.1. The van der Waals surface area contributed by atoms with Crippen LogP contribution in [0.1, 0.15) is 16.1 Å². The third-order valence-electron chi connectivity index (χ3n) is 2.85. The predicted octanol–water partition coefficient (Wildman–Crippen LogP) is 2.95. The number of amides is 1. The number of furan rings is 1. The van der Waals surface area contributed by atoms with Gasteiger partial charge in [-0.25, -0.2) is 0 Å². The standard InChI is InChI=1S/C15H9N3O2/c16-8-10-5-6-17-12(7-10)15(19)18-13-9-20-14-4-2-1-3-11(13)14/h1-7,9H,(H,18,19). The van der Waals surface area contributed by atoms with Gasteiger partial charge in [-0.05, 0) is 24.3 Å². The van der Waals surface area contributed by atoms with E-state index in [1.807, 2.05) is 30.3 Å². The van der Waals surface area contributed by atoms with E-state index in [1.54, 1.807) is 6.07 Å². The molecular formula is C15H9N3O2. The zero-order valence-corrected chi connectivity index (χ0v) is 10.3. The average molecular weight is 263 g/mol. The van der Waals surface area contributed by atoms with Gasteiger partial charge in [-0.15, -0.1) is 0 Å². The molecule has 0 saturated heterocycles. The Labute approximate surface area is 114 Å². The second-order valence-corrected chi connectivity index (χ2v) is 4.14. The Balaban J connectivity index is 1.91. The minimum absolute atomic E-state index is 0.189. The monoisotopic (exact) mass is 263 g/mol. The Morgan fingerprint density at radius 2 is 2.15 bits per heavy atom. The molecule has 3 rings (SSSR count). The molecule has 0 aliphatic heterocycles. The number of pyridine rings is 1. The summed E-state index contributed by atoms with van der Waals surface area (Å²) in [7, 11) is 0. The molecular weight excluding hydrogens is 254 g/mol.